The predicted molar refractivity (Wildman–Crippen MR) is 81.1 cm³/mol. The summed E-state index contributed by atoms with van der Waals surface area (Å²) in [6.45, 7) is 0.820. The van der Waals surface area contributed by atoms with Gasteiger partial charge in [-0.05, 0) is 25.0 Å². The second-order valence-corrected chi connectivity index (χ2v) is 5.63. The molecule has 19 heavy (non-hydrogen) atoms. The maximum absolute atomic E-state index is 11.5. The summed E-state index contributed by atoms with van der Waals surface area (Å²) in [5.41, 5.74) is 5.71. The van der Waals surface area contributed by atoms with Gasteiger partial charge in [0.25, 0.3) is 0 Å². The monoisotopic (exact) mass is 289 g/mol. The van der Waals surface area contributed by atoms with Crippen molar-refractivity contribution in [2.24, 2.45) is 11.7 Å². The molecule has 0 aromatic carbocycles. The molecule has 0 aliphatic heterocycles. The first-order chi connectivity index (χ1) is 9.15. The van der Waals surface area contributed by atoms with Crippen LogP contribution in [0.25, 0.3) is 0 Å². The molecule has 0 heterocycles. The van der Waals surface area contributed by atoms with Crippen molar-refractivity contribution in [2.75, 3.05) is 25.6 Å². The summed E-state index contributed by atoms with van der Waals surface area (Å²) in [6, 6.07) is -0.344. The van der Waals surface area contributed by atoms with Crippen molar-refractivity contribution in [1.82, 2.24) is 10.6 Å². The molecule has 0 saturated heterocycles. The standard InChI is InChI=1S/C11H22N2OS.C2H5NO/c1-15-8-10(12)11(14)13-7-9-5-3-2-4-6-9;1-3-2-4/h9-10H,2-8,12H2,1H3,(H,13,14);2H,1H3,(H,3,4). The molecule has 1 unspecified atom stereocenters. The molecule has 0 aromatic rings. The van der Waals surface area contributed by atoms with E-state index in [-0.39, 0.29) is 11.9 Å². The lowest BCUT2D eigenvalue weighted by Crippen LogP contribution is -2.44. The second-order valence-electron chi connectivity index (χ2n) is 4.72. The van der Waals surface area contributed by atoms with E-state index in [1.165, 1.54) is 32.1 Å². The van der Waals surface area contributed by atoms with Crippen LogP contribution in [-0.2, 0) is 9.59 Å². The molecule has 0 bridgehead atoms. The summed E-state index contributed by atoms with van der Waals surface area (Å²) in [5.74, 6) is 1.40. The number of hydrogen-bond acceptors (Lipinski definition) is 4. The average molecular weight is 289 g/mol. The molecule has 0 aromatic heterocycles. The molecular formula is C13H27N3O2S. The fourth-order valence-electron chi connectivity index (χ4n) is 2.02. The normalized spacial score (nSPS) is 16.8. The van der Waals surface area contributed by atoms with Crippen LogP contribution in [0.15, 0.2) is 0 Å². The Hall–Kier alpha value is -0.750. The van der Waals surface area contributed by atoms with Crippen molar-refractivity contribution >= 4 is 24.1 Å². The Balaban J connectivity index is 0.000000711. The molecule has 1 aliphatic rings. The first-order valence-corrected chi connectivity index (χ1v) is 8.18. The molecule has 1 aliphatic carbocycles. The number of amides is 2. The number of carbonyl (C=O) groups is 2. The fourth-order valence-corrected chi connectivity index (χ4v) is 2.53. The summed E-state index contributed by atoms with van der Waals surface area (Å²) in [7, 11) is 1.56. The molecule has 1 saturated carbocycles. The number of nitrogens with two attached hydrogens (primary N) is 1. The van der Waals surface area contributed by atoms with Gasteiger partial charge in [0.2, 0.25) is 12.3 Å². The van der Waals surface area contributed by atoms with E-state index in [0.29, 0.717) is 18.1 Å². The highest BCUT2D eigenvalue weighted by molar-refractivity contribution is 7.98. The molecule has 0 spiro atoms. The quantitative estimate of drug-likeness (QED) is 0.630. The number of thioether (sulfide) groups is 1. The highest BCUT2D eigenvalue weighted by atomic mass is 32.2. The van der Waals surface area contributed by atoms with Crippen molar-refractivity contribution in [1.29, 1.82) is 0 Å². The van der Waals surface area contributed by atoms with Crippen LogP contribution in [0, 0.1) is 5.92 Å². The molecule has 112 valence electrons. The molecule has 0 radical (unpaired) electrons. The van der Waals surface area contributed by atoms with E-state index in [4.69, 9.17) is 10.5 Å². The lowest BCUT2D eigenvalue weighted by Gasteiger charge is -2.22. The predicted octanol–water partition coefficient (Wildman–Crippen LogP) is 0.735. The van der Waals surface area contributed by atoms with Crippen molar-refractivity contribution in [3.63, 3.8) is 0 Å². The molecule has 5 nitrogen and oxygen atoms in total. The first-order valence-electron chi connectivity index (χ1n) is 6.78. The summed E-state index contributed by atoms with van der Waals surface area (Å²) in [6.07, 6.45) is 9.11. The number of hydrogen-bond donors (Lipinski definition) is 3. The van der Waals surface area contributed by atoms with E-state index in [1.807, 2.05) is 6.26 Å². The first kappa shape index (κ1) is 18.2. The van der Waals surface area contributed by atoms with Crippen LogP contribution in [0.2, 0.25) is 0 Å². The Bertz CT molecular complexity index is 246. The van der Waals surface area contributed by atoms with Gasteiger partial charge in [-0.1, -0.05) is 19.3 Å². The third-order valence-corrected chi connectivity index (χ3v) is 3.78. The Labute approximate surface area is 120 Å². The lowest BCUT2D eigenvalue weighted by atomic mass is 9.89. The Morgan fingerprint density at radius 1 is 1.42 bits per heavy atom. The zero-order chi connectivity index (χ0) is 14.5. The van der Waals surface area contributed by atoms with Crippen molar-refractivity contribution < 1.29 is 9.59 Å². The summed E-state index contributed by atoms with van der Waals surface area (Å²) >= 11 is 1.61. The summed E-state index contributed by atoms with van der Waals surface area (Å²) in [4.78, 5) is 20.6. The smallest absolute Gasteiger partial charge is 0.237 e. The van der Waals surface area contributed by atoms with Gasteiger partial charge in [0, 0.05) is 19.3 Å². The Morgan fingerprint density at radius 2 is 2.00 bits per heavy atom. The number of nitrogens with one attached hydrogen (secondary N) is 2. The fraction of sp³-hybridized carbons (Fsp3) is 0.846. The molecule has 2 amide bonds. The number of rotatable bonds is 6. The molecule has 1 rings (SSSR count). The third-order valence-electron chi connectivity index (χ3n) is 3.09. The van der Waals surface area contributed by atoms with Gasteiger partial charge in [0.15, 0.2) is 0 Å². The van der Waals surface area contributed by atoms with Gasteiger partial charge >= 0.3 is 0 Å². The Kier molecular flexibility index (Phi) is 11.8. The molecule has 1 fully saturated rings. The minimum atomic E-state index is -0.344. The third kappa shape index (κ3) is 9.78. The van der Waals surface area contributed by atoms with E-state index in [2.05, 4.69) is 10.6 Å². The van der Waals surface area contributed by atoms with Crippen LogP contribution < -0.4 is 16.4 Å². The van der Waals surface area contributed by atoms with Crippen molar-refractivity contribution in [3.8, 4) is 0 Å². The maximum atomic E-state index is 11.5. The van der Waals surface area contributed by atoms with Gasteiger partial charge in [0.05, 0.1) is 6.04 Å². The number of carbonyl (C=O) groups excluding carboxylic acids is 2. The van der Waals surface area contributed by atoms with Crippen molar-refractivity contribution in [2.45, 2.75) is 38.1 Å². The van der Waals surface area contributed by atoms with E-state index in [9.17, 15) is 4.79 Å². The minimum absolute atomic E-state index is 0.00919. The van der Waals surface area contributed by atoms with Crippen LogP contribution in [0.4, 0.5) is 0 Å². The van der Waals surface area contributed by atoms with Gasteiger partial charge in [0.1, 0.15) is 0 Å². The highest BCUT2D eigenvalue weighted by Crippen LogP contribution is 2.22. The SMILES string of the molecule is CNC=O.CSCC(N)C(=O)NCC1CCCCC1. The van der Waals surface area contributed by atoms with Crippen LogP contribution >= 0.6 is 11.8 Å². The zero-order valence-corrected chi connectivity index (χ0v) is 12.8. The van der Waals surface area contributed by atoms with Crippen molar-refractivity contribution in [3.05, 3.63) is 0 Å². The van der Waals surface area contributed by atoms with Gasteiger partial charge in [-0.3, -0.25) is 9.59 Å². The molecule has 4 N–H and O–H groups in total. The van der Waals surface area contributed by atoms with Gasteiger partial charge in [-0.15, -0.1) is 0 Å². The summed E-state index contributed by atoms with van der Waals surface area (Å²) < 4.78 is 0. The highest BCUT2D eigenvalue weighted by Gasteiger charge is 2.16. The van der Waals surface area contributed by atoms with Gasteiger partial charge < -0.3 is 16.4 Å². The van der Waals surface area contributed by atoms with Crippen LogP contribution in [0.5, 0.6) is 0 Å². The van der Waals surface area contributed by atoms with E-state index >= 15 is 0 Å². The zero-order valence-electron chi connectivity index (χ0n) is 12.0. The van der Waals surface area contributed by atoms with E-state index in [1.54, 1.807) is 18.8 Å². The maximum Gasteiger partial charge on any atom is 0.237 e. The molecule has 1 atom stereocenters. The molecular weight excluding hydrogens is 262 g/mol. The topological polar surface area (TPSA) is 84.2 Å². The summed E-state index contributed by atoms with van der Waals surface area (Å²) in [5, 5.41) is 5.21. The van der Waals surface area contributed by atoms with E-state index in [0.717, 1.165) is 6.54 Å². The van der Waals surface area contributed by atoms with Crippen LogP contribution in [0.1, 0.15) is 32.1 Å². The van der Waals surface area contributed by atoms with E-state index < -0.39 is 0 Å². The van der Waals surface area contributed by atoms with Crippen LogP contribution in [-0.4, -0.2) is 44.0 Å². The van der Waals surface area contributed by atoms with Gasteiger partial charge in [-0.2, -0.15) is 11.8 Å². The Morgan fingerprint density at radius 3 is 2.47 bits per heavy atom. The lowest BCUT2D eigenvalue weighted by molar-refractivity contribution is -0.122. The largest absolute Gasteiger partial charge is 0.362 e. The van der Waals surface area contributed by atoms with Crippen LogP contribution in [0.3, 0.4) is 0 Å². The second kappa shape index (κ2) is 12.3. The van der Waals surface area contributed by atoms with Gasteiger partial charge in [-0.25, -0.2) is 0 Å². The average Bonchev–Trinajstić information content (AvgIpc) is 2.46. The minimum Gasteiger partial charge on any atom is -0.362 e. The molecule has 6 heteroatoms.